The molecule has 6 heteroatoms. The molecule has 2 aliphatic heterocycles. The fraction of sp³-hybridized carbons (Fsp3) is 0.667. The Morgan fingerprint density at radius 2 is 2.33 bits per heavy atom. The lowest BCUT2D eigenvalue weighted by Gasteiger charge is -2.08. The first-order chi connectivity index (χ1) is 7.15. The van der Waals surface area contributed by atoms with Crippen LogP contribution in [0.4, 0.5) is 0 Å². The first-order valence-electron chi connectivity index (χ1n) is 4.97. The zero-order valence-electron chi connectivity index (χ0n) is 8.77. The highest BCUT2D eigenvalue weighted by atomic mass is 32.2. The van der Waals surface area contributed by atoms with Gasteiger partial charge in [-0.3, -0.25) is 4.79 Å². The average Bonchev–Trinajstić information content (AvgIpc) is 2.38. The van der Waals surface area contributed by atoms with E-state index in [0.29, 0.717) is 11.7 Å². The minimum atomic E-state index is -0.0222. The molecule has 0 unspecified atom stereocenters. The maximum absolute atomic E-state index is 11.3. The minimum absolute atomic E-state index is 0.0222. The normalized spacial score (nSPS) is 21.3. The van der Waals surface area contributed by atoms with Gasteiger partial charge in [-0.2, -0.15) is 10.1 Å². The van der Waals surface area contributed by atoms with Gasteiger partial charge in [0.2, 0.25) is 5.91 Å². The van der Waals surface area contributed by atoms with Gasteiger partial charge in [-0.25, -0.2) is 5.01 Å². The van der Waals surface area contributed by atoms with Crippen LogP contribution in [0.15, 0.2) is 10.1 Å². The van der Waals surface area contributed by atoms with Gasteiger partial charge in [-0.15, -0.1) is 0 Å². The number of nitrogens with zero attached hydrogens (tertiary/aromatic N) is 3. The van der Waals surface area contributed by atoms with Gasteiger partial charge in [0.1, 0.15) is 0 Å². The number of hydrogen-bond acceptors (Lipinski definition) is 5. The summed E-state index contributed by atoms with van der Waals surface area (Å²) in [6.45, 7) is 5.06. The predicted molar refractivity (Wildman–Crippen MR) is 66.1 cm³/mol. The van der Waals surface area contributed by atoms with Crippen LogP contribution in [0.3, 0.4) is 0 Å². The van der Waals surface area contributed by atoms with Crippen LogP contribution in [-0.2, 0) is 4.79 Å². The van der Waals surface area contributed by atoms with Crippen molar-refractivity contribution >= 4 is 39.0 Å². The highest BCUT2D eigenvalue weighted by Gasteiger charge is 2.26. The molecular weight excluding hydrogens is 230 g/mol. The Morgan fingerprint density at radius 3 is 3.07 bits per heavy atom. The molecule has 82 valence electrons. The van der Waals surface area contributed by atoms with Gasteiger partial charge in [0.05, 0.1) is 0 Å². The standard InChI is InChI=1S/C9H13N3OS2/c1-6(2)14-9-11-12-5-3-4-7(13)10-8(12)15-9/h6H,3-5H2,1-2H3. The fourth-order valence-corrected chi connectivity index (χ4v) is 3.53. The van der Waals surface area contributed by atoms with Crippen molar-refractivity contribution in [1.82, 2.24) is 5.01 Å². The Bertz CT molecular complexity index is 338. The molecule has 0 aromatic rings. The Labute approximate surface area is 97.6 Å². The number of amides is 1. The number of amidine groups is 1. The smallest absolute Gasteiger partial charge is 0.248 e. The van der Waals surface area contributed by atoms with E-state index in [9.17, 15) is 4.79 Å². The summed E-state index contributed by atoms with van der Waals surface area (Å²) in [4.78, 5) is 15.3. The van der Waals surface area contributed by atoms with Crippen LogP contribution in [0.1, 0.15) is 26.7 Å². The molecule has 0 saturated heterocycles. The number of thioether (sulfide) groups is 2. The topological polar surface area (TPSA) is 45.0 Å². The van der Waals surface area contributed by atoms with E-state index >= 15 is 0 Å². The van der Waals surface area contributed by atoms with Crippen LogP contribution < -0.4 is 0 Å². The minimum Gasteiger partial charge on any atom is -0.273 e. The van der Waals surface area contributed by atoms with E-state index in [1.54, 1.807) is 11.8 Å². The van der Waals surface area contributed by atoms with E-state index < -0.39 is 0 Å². The molecular formula is C9H13N3OS2. The quantitative estimate of drug-likeness (QED) is 0.707. The van der Waals surface area contributed by atoms with Gasteiger partial charge in [-0.05, 0) is 18.2 Å². The number of aliphatic imine (C=N–C) groups is 1. The number of carbonyl (C=O) groups excluding carboxylic acids is 1. The summed E-state index contributed by atoms with van der Waals surface area (Å²) < 4.78 is 0.999. The lowest BCUT2D eigenvalue weighted by Crippen LogP contribution is -2.18. The number of hydrogen-bond donors (Lipinski definition) is 0. The molecule has 0 aliphatic carbocycles. The molecule has 0 aromatic heterocycles. The third-order valence-corrected chi connectivity index (χ3v) is 3.95. The van der Waals surface area contributed by atoms with E-state index in [4.69, 9.17) is 0 Å². The largest absolute Gasteiger partial charge is 0.273 e. The van der Waals surface area contributed by atoms with Crippen molar-refractivity contribution in [2.24, 2.45) is 10.1 Å². The van der Waals surface area contributed by atoms with Gasteiger partial charge < -0.3 is 0 Å². The highest BCUT2D eigenvalue weighted by Crippen LogP contribution is 2.31. The summed E-state index contributed by atoms with van der Waals surface area (Å²) in [5.74, 6) is -0.0222. The first kappa shape index (κ1) is 11.0. The van der Waals surface area contributed by atoms with Crippen molar-refractivity contribution in [3.05, 3.63) is 0 Å². The van der Waals surface area contributed by atoms with E-state index in [-0.39, 0.29) is 5.91 Å². The average molecular weight is 243 g/mol. The molecule has 0 radical (unpaired) electrons. The summed E-state index contributed by atoms with van der Waals surface area (Å²) in [5, 5.41) is 7.55. The first-order valence-corrected chi connectivity index (χ1v) is 6.67. The van der Waals surface area contributed by atoms with Crippen molar-refractivity contribution in [1.29, 1.82) is 0 Å². The number of rotatable bonds is 1. The second kappa shape index (κ2) is 4.57. The molecule has 15 heavy (non-hydrogen) atoms. The van der Waals surface area contributed by atoms with Crippen LogP contribution >= 0.6 is 23.5 Å². The maximum Gasteiger partial charge on any atom is 0.248 e. The molecule has 0 aromatic carbocycles. The Morgan fingerprint density at radius 1 is 1.53 bits per heavy atom. The molecule has 0 spiro atoms. The van der Waals surface area contributed by atoms with Crippen LogP contribution in [-0.4, -0.2) is 32.3 Å². The van der Waals surface area contributed by atoms with Crippen LogP contribution in [0.5, 0.6) is 0 Å². The molecule has 0 atom stereocenters. The van der Waals surface area contributed by atoms with Crippen LogP contribution in [0, 0.1) is 0 Å². The molecule has 0 fully saturated rings. The van der Waals surface area contributed by atoms with E-state index in [1.807, 2.05) is 5.01 Å². The Hall–Kier alpha value is -0.490. The van der Waals surface area contributed by atoms with Gasteiger partial charge >= 0.3 is 0 Å². The molecule has 2 heterocycles. The summed E-state index contributed by atoms with van der Waals surface area (Å²) >= 11 is 3.22. The third kappa shape index (κ3) is 2.75. The van der Waals surface area contributed by atoms with E-state index in [1.165, 1.54) is 11.8 Å². The molecule has 1 amide bonds. The molecule has 4 nitrogen and oxygen atoms in total. The number of fused-ring (bicyclic) bond motifs is 1. The maximum atomic E-state index is 11.3. The van der Waals surface area contributed by atoms with Crippen LogP contribution in [0.2, 0.25) is 0 Å². The van der Waals surface area contributed by atoms with E-state index in [0.717, 1.165) is 22.5 Å². The van der Waals surface area contributed by atoms with Crippen molar-refractivity contribution in [2.45, 2.75) is 31.9 Å². The zero-order chi connectivity index (χ0) is 10.8. The zero-order valence-corrected chi connectivity index (χ0v) is 10.4. The van der Waals surface area contributed by atoms with Crippen LogP contribution in [0.25, 0.3) is 0 Å². The highest BCUT2D eigenvalue weighted by molar-refractivity contribution is 8.45. The summed E-state index contributed by atoms with van der Waals surface area (Å²) in [7, 11) is 0. The predicted octanol–water partition coefficient (Wildman–Crippen LogP) is 2.12. The second-order valence-corrected chi connectivity index (χ2v) is 6.43. The molecule has 0 saturated carbocycles. The van der Waals surface area contributed by atoms with Gasteiger partial charge in [0, 0.05) is 18.2 Å². The van der Waals surface area contributed by atoms with Crippen molar-refractivity contribution in [2.75, 3.05) is 6.54 Å². The lowest BCUT2D eigenvalue weighted by molar-refractivity contribution is -0.117. The second-order valence-electron chi connectivity index (χ2n) is 3.65. The number of carbonyl (C=O) groups is 1. The molecule has 2 aliphatic rings. The summed E-state index contributed by atoms with van der Waals surface area (Å²) in [5.41, 5.74) is 0. The van der Waals surface area contributed by atoms with Gasteiger partial charge in [0.15, 0.2) is 9.54 Å². The molecule has 0 N–H and O–H groups in total. The van der Waals surface area contributed by atoms with E-state index in [2.05, 4.69) is 23.9 Å². The van der Waals surface area contributed by atoms with Crippen molar-refractivity contribution < 1.29 is 4.79 Å². The SMILES string of the molecule is CC(C)SC1=NN2CCCC(=O)N=C2S1. The summed E-state index contributed by atoms with van der Waals surface area (Å²) in [6, 6.07) is 0. The molecule has 2 rings (SSSR count). The third-order valence-electron chi connectivity index (χ3n) is 1.92. The Kier molecular flexibility index (Phi) is 3.35. The molecule has 0 bridgehead atoms. The van der Waals surface area contributed by atoms with Gasteiger partial charge in [-0.1, -0.05) is 25.6 Å². The van der Waals surface area contributed by atoms with Gasteiger partial charge in [0.25, 0.3) is 0 Å². The Balaban J connectivity index is 2.09. The van der Waals surface area contributed by atoms with Crippen molar-refractivity contribution in [3.63, 3.8) is 0 Å². The summed E-state index contributed by atoms with van der Waals surface area (Å²) in [6.07, 6.45) is 1.39. The number of hydrazone groups is 1. The lowest BCUT2D eigenvalue weighted by atomic mass is 10.3. The van der Waals surface area contributed by atoms with Crippen molar-refractivity contribution in [3.8, 4) is 0 Å². The monoisotopic (exact) mass is 243 g/mol. The fourth-order valence-electron chi connectivity index (χ4n) is 1.31.